The van der Waals surface area contributed by atoms with Crippen LogP contribution in [0.5, 0.6) is 0 Å². The molecule has 0 saturated carbocycles. The Morgan fingerprint density at radius 2 is 0.968 bits per heavy atom. The highest BCUT2D eigenvalue weighted by Gasteiger charge is 2.50. The number of halogens is 2. The molecule has 0 aliphatic carbocycles. The highest BCUT2D eigenvalue weighted by molar-refractivity contribution is 7.07. The van der Waals surface area contributed by atoms with E-state index in [9.17, 15) is 8.78 Å². The number of benzene rings is 4. The molecule has 0 spiro atoms. The van der Waals surface area contributed by atoms with Crippen molar-refractivity contribution >= 4 is 18.4 Å². The summed E-state index contributed by atoms with van der Waals surface area (Å²) in [7, 11) is -2.43. The van der Waals surface area contributed by atoms with Crippen LogP contribution in [0.15, 0.2) is 121 Å². The predicted molar refractivity (Wildman–Crippen MR) is 125 cm³/mol. The predicted octanol–water partition coefficient (Wildman–Crippen LogP) is 5.74. The molecule has 152 valence electrons. The topological polar surface area (TPSA) is 0 Å². The van der Waals surface area contributed by atoms with Crippen molar-refractivity contribution in [1.29, 1.82) is 0 Å². The summed E-state index contributed by atoms with van der Waals surface area (Å²) in [4.78, 5) is 0. The fourth-order valence-electron chi connectivity index (χ4n) is 5.03. The Labute approximate surface area is 182 Å². The van der Waals surface area contributed by atoms with E-state index in [2.05, 4.69) is 60.3 Å². The van der Waals surface area contributed by atoms with Gasteiger partial charge in [0.1, 0.15) is 19.7 Å². The van der Waals surface area contributed by atoms with Crippen molar-refractivity contribution < 1.29 is 8.78 Å². The van der Waals surface area contributed by atoms with Crippen molar-refractivity contribution in [2.24, 2.45) is 0 Å². The minimum absolute atomic E-state index is 0.0816. The lowest BCUT2D eigenvalue weighted by Crippen LogP contribution is -2.60. The molecule has 2 atom stereocenters. The third-order valence-corrected chi connectivity index (χ3v) is 11.4. The highest BCUT2D eigenvalue weighted by Crippen LogP contribution is 2.46. The van der Waals surface area contributed by atoms with Crippen LogP contribution in [0.4, 0.5) is 8.78 Å². The van der Waals surface area contributed by atoms with E-state index in [0.29, 0.717) is 0 Å². The maximum absolute atomic E-state index is 13.8. The SMILES string of the molecule is Fc1ccc(C2C=C[Si](c3ccccc3)(c3ccccc3)C2c2ccc(F)cc2)cc1. The molecule has 1 aliphatic heterocycles. The van der Waals surface area contributed by atoms with Gasteiger partial charge in [-0.2, -0.15) is 0 Å². The molecular weight excluding hydrogens is 402 g/mol. The Balaban J connectivity index is 1.77. The first-order chi connectivity index (χ1) is 15.2. The maximum atomic E-state index is 13.8. The molecule has 1 heterocycles. The van der Waals surface area contributed by atoms with Crippen molar-refractivity contribution in [2.75, 3.05) is 0 Å². The van der Waals surface area contributed by atoms with E-state index in [4.69, 9.17) is 0 Å². The number of rotatable bonds is 4. The molecule has 0 fully saturated rings. The minimum atomic E-state index is -2.43. The summed E-state index contributed by atoms with van der Waals surface area (Å²) in [6.07, 6.45) is 2.29. The van der Waals surface area contributed by atoms with Gasteiger partial charge in [0, 0.05) is 11.5 Å². The summed E-state index contributed by atoms with van der Waals surface area (Å²) in [6, 6.07) is 35.0. The summed E-state index contributed by atoms with van der Waals surface area (Å²) >= 11 is 0. The first kappa shape index (κ1) is 19.6. The van der Waals surface area contributed by atoms with Crippen molar-refractivity contribution in [1.82, 2.24) is 0 Å². The fraction of sp³-hybridized carbons (Fsp3) is 0.0714. The van der Waals surface area contributed by atoms with Crippen LogP contribution in [0.3, 0.4) is 0 Å². The third-order valence-electron chi connectivity index (χ3n) is 6.40. The van der Waals surface area contributed by atoms with E-state index in [0.717, 1.165) is 11.1 Å². The summed E-state index contributed by atoms with van der Waals surface area (Å²) in [5, 5.41) is 2.63. The number of hydrogen-bond acceptors (Lipinski definition) is 0. The zero-order chi connectivity index (χ0) is 21.3. The average Bonchev–Trinajstić information content (AvgIpc) is 3.23. The zero-order valence-corrected chi connectivity index (χ0v) is 18.0. The average molecular weight is 425 g/mol. The van der Waals surface area contributed by atoms with Gasteiger partial charge in [0.05, 0.1) is 0 Å². The Morgan fingerprint density at radius 1 is 0.516 bits per heavy atom. The smallest absolute Gasteiger partial charge is 0.149 e. The van der Waals surface area contributed by atoms with Crippen LogP contribution in [0.2, 0.25) is 0 Å². The lowest BCUT2D eigenvalue weighted by Gasteiger charge is -2.37. The molecule has 0 aromatic heterocycles. The van der Waals surface area contributed by atoms with Crippen LogP contribution in [-0.2, 0) is 0 Å². The van der Waals surface area contributed by atoms with Crippen LogP contribution in [0.1, 0.15) is 22.6 Å². The second kappa shape index (κ2) is 8.08. The second-order valence-corrected chi connectivity index (χ2v) is 11.9. The maximum Gasteiger partial charge on any atom is 0.149 e. The second-order valence-electron chi connectivity index (χ2n) is 8.07. The Hall–Kier alpha value is -3.30. The van der Waals surface area contributed by atoms with Gasteiger partial charge in [-0.25, -0.2) is 8.78 Å². The Morgan fingerprint density at radius 3 is 1.45 bits per heavy atom. The first-order valence-corrected chi connectivity index (χ1v) is 12.7. The van der Waals surface area contributed by atoms with Crippen molar-refractivity contribution in [3.63, 3.8) is 0 Å². The van der Waals surface area contributed by atoms with Gasteiger partial charge < -0.3 is 0 Å². The lowest BCUT2D eigenvalue weighted by molar-refractivity contribution is 0.624. The van der Waals surface area contributed by atoms with Crippen LogP contribution in [0, 0.1) is 11.6 Å². The molecule has 1 aliphatic rings. The van der Waals surface area contributed by atoms with E-state index in [1.165, 1.54) is 22.5 Å². The van der Waals surface area contributed by atoms with E-state index in [1.807, 2.05) is 36.4 Å². The first-order valence-electron chi connectivity index (χ1n) is 10.5. The van der Waals surface area contributed by atoms with Gasteiger partial charge in [-0.1, -0.05) is 96.7 Å². The monoisotopic (exact) mass is 424 g/mol. The molecule has 0 saturated heterocycles. The van der Waals surface area contributed by atoms with Crippen LogP contribution < -0.4 is 10.4 Å². The van der Waals surface area contributed by atoms with Gasteiger partial charge in [-0.3, -0.25) is 0 Å². The highest BCUT2D eigenvalue weighted by atomic mass is 28.3. The Bertz CT molecular complexity index is 1140. The van der Waals surface area contributed by atoms with Gasteiger partial charge in [0.25, 0.3) is 0 Å². The quantitative estimate of drug-likeness (QED) is 0.366. The minimum Gasteiger partial charge on any atom is -0.207 e. The summed E-state index contributed by atoms with van der Waals surface area (Å²) in [5.74, 6) is -0.392. The van der Waals surface area contributed by atoms with Gasteiger partial charge in [-0.15, -0.1) is 0 Å². The van der Waals surface area contributed by atoms with E-state index >= 15 is 0 Å². The molecule has 31 heavy (non-hydrogen) atoms. The zero-order valence-electron chi connectivity index (χ0n) is 17.0. The van der Waals surface area contributed by atoms with Crippen LogP contribution in [0.25, 0.3) is 0 Å². The van der Waals surface area contributed by atoms with E-state index in [1.54, 1.807) is 12.1 Å². The molecule has 5 rings (SSSR count). The lowest BCUT2D eigenvalue weighted by atomic mass is 9.91. The molecule has 0 amide bonds. The molecule has 4 aromatic carbocycles. The molecule has 2 unspecified atom stereocenters. The van der Waals surface area contributed by atoms with Crippen LogP contribution in [-0.4, -0.2) is 8.07 Å². The number of allylic oxidation sites excluding steroid dienone is 1. The van der Waals surface area contributed by atoms with Crippen molar-refractivity contribution in [3.8, 4) is 0 Å². The molecule has 0 radical (unpaired) electrons. The van der Waals surface area contributed by atoms with Crippen molar-refractivity contribution in [2.45, 2.75) is 11.5 Å². The molecule has 0 N–H and O–H groups in total. The molecule has 3 heteroatoms. The molecule has 0 bridgehead atoms. The molecular formula is C28H22F2Si. The standard InChI is InChI=1S/C28H22F2Si/c29-23-15-11-21(12-16-23)27-19-20-31(25-7-3-1-4-8-25,26-9-5-2-6-10-26)28(27)22-13-17-24(30)18-14-22/h1-20,27-28H. The molecule has 4 aromatic rings. The van der Waals surface area contributed by atoms with Gasteiger partial charge in [0.2, 0.25) is 0 Å². The third kappa shape index (κ3) is 3.45. The van der Waals surface area contributed by atoms with E-state index < -0.39 is 8.07 Å². The fourth-order valence-corrected chi connectivity index (χ4v) is 10.3. The summed E-state index contributed by atoms with van der Waals surface area (Å²) in [5.41, 5.74) is 4.73. The largest absolute Gasteiger partial charge is 0.207 e. The van der Waals surface area contributed by atoms with Crippen LogP contribution >= 0.6 is 0 Å². The van der Waals surface area contributed by atoms with E-state index in [-0.39, 0.29) is 23.1 Å². The molecule has 0 nitrogen and oxygen atoms in total. The van der Waals surface area contributed by atoms with Gasteiger partial charge >= 0.3 is 0 Å². The van der Waals surface area contributed by atoms with Crippen molar-refractivity contribution in [3.05, 3.63) is 144 Å². The Kier molecular flexibility index (Phi) is 5.12. The summed E-state index contributed by atoms with van der Waals surface area (Å²) in [6.45, 7) is 0. The van der Waals surface area contributed by atoms with Gasteiger partial charge in [0.15, 0.2) is 0 Å². The van der Waals surface area contributed by atoms with Gasteiger partial charge in [-0.05, 0) is 45.8 Å². The number of hydrogen-bond donors (Lipinski definition) is 0. The summed E-state index contributed by atoms with van der Waals surface area (Å²) < 4.78 is 27.5. The normalized spacial score (nSPS) is 19.4.